The maximum atomic E-state index is 11.1. The Morgan fingerprint density at radius 3 is 2.58 bits per heavy atom. The van der Waals surface area contributed by atoms with Crippen LogP contribution in [0.2, 0.25) is 10.0 Å². The monoisotopic (exact) mass is 391 g/mol. The highest BCUT2D eigenvalue weighted by atomic mass is 35.5. The van der Waals surface area contributed by atoms with Gasteiger partial charge in [-0.1, -0.05) is 35.3 Å². The minimum Gasteiger partial charge on any atom is -0.489 e. The van der Waals surface area contributed by atoms with Gasteiger partial charge in [0.2, 0.25) is 0 Å². The topological polar surface area (TPSA) is 49.8 Å². The largest absolute Gasteiger partial charge is 0.489 e. The highest BCUT2D eigenvalue weighted by molar-refractivity contribution is 6.35. The highest BCUT2D eigenvalue weighted by Crippen LogP contribution is 2.53. The molecule has 0 amide bonds. The summed E-state index contributed by atoms with van der Waals surface area (Å²) in [5, 5.41) is 10.3. The summed E-state index contributed by atoms with van der Waals surface area (Å²) in [6.07, 6.45) is 2.19. The number of fused-ring (bicyclic) bond motifs is 2. The fraction of sp³-hybridized carbons (Fsp3) is 0.350. The van der Waals surface area contributed by atoms with Gasteiger partial charge < -0.3 is 9.84 Å². The van der Waals surface area contributed by atoms with Gasteiger partial charge in [-0.15, -0.1) is 0 Å². The Morgan fingerprint density at radius 1 is 1.19 bits per heavy atom. The molecular weight excluding hydrogens is 373 g/mol. The van der Waals surface area contributed by atoms with Crippen LogP contribution in [0.1, 0.15) is 29.5 Å². The Kier molecular flexibility index (Phi) is 4.59. The summed E-state index contributed by atoms with van der Waals surface area (Å²) in [5.41, 5.74) is 3.35. The summed E-state index contributed by atoms with van der Waals surface area (Å²) in [6, 6.07) is 11.5. The number of halogens is 2. The van der Waals surface area contributed by atoms with E-state index < -0.39 is 5.97 Å². The van der Waals surface area contributed by atoms with Gasteiger partial charge in [0.25, 0.3) is 0 Å². The van der Waals surface area contributed by atoms with Crippen molar-refractivity contribution in [1.82, 2.24) is 4.90 Å². The van der Waals surface area contributed by atoms with Crippen LogP contribution in [0.3, 0.4) is 0 Å². The second-order valence-electron chi connectivity index (χ2n) is 7.13. The lowest BCUT2D eigenvalue weighted by molar-refractivity contribution is -0.138. The van der Waals surface area contributed by atoms with E-state index in [1.165, 1.54) is 11.1 Å². The average Bonchev–Trinajstić information content (AvgIpc) is 3.34. The maximum Gasteiger partial charge on any atom is 0.317 e. The predicted molar refractivity (Wildman–Crippen MR) is 101 cm³/mol. The number of hydrogen-bond acceptors (Lipinski definition) is 3. The minimum absolute atomic E-state index is 0.0877. The van der Waals surface area contributed by atoms with Crippen LogP contribution >= 0.6 is 23.2 Å². The Balaban J connectivity index is 1.54. The molecule has 4 nitrogen and oxygen atoms in total. The molecule has 4 rings (SSSR count). The third-order valence-corrected chi connectivity index (χ3v) is 5.94. The molecule has 6 heteroatoms. The third kappa shape index (κ3) is 3.41. The summed E-state index contributed by atoms with van der Waals surface area (Å²) >= 11 is 12.4. The van der Waals surface area contributed by atoms with Gasteiger partial charge in [-0.25, -0.2) is 0 Å². The van der Waals surface area contributed by atoms with Gasteiger partial charge in [0.15, 0.2) is 0 Å². The van der Waals surface area contributed by atoms with E-state index in [4.69, 9.17) is 33.0 Å². The van der Waals surface area contributed by atoms with Gasteiger partial charge in [-0.3, -0.25) is 9.69 Å². The average molecular weight is 392 g/mol. The number of carboxylic acids is 1. The van der Waals surface area contributed by atoms with E-state index in [1.807, 2.05) is 23.1 Å². The minimum atomic E-state index is -0.777. The fourth-order valence-corrected chi connectivity index (χ4v) is 4.30. The Labute approximate surface area is 162 Å². The smallest absolute Gasteiger partial charge is 0.317 e. The van der Waals surface area contributed by atoms with Crippen LogP contribution in [0.25, 0.3) is 0 Å². The lowest BCUT2D eigenvalue weighted by Gasteiger charge is -2.34. The van der Waals surface area contributed by atoms with E-state index in [-0.39, 0.29) is 12.0 Å². The van der Waals surface area contributed by atoms with Gasteiger partial charge in [-0.2, -0.15) is 0 Å². The van der Waals surface area contributed by atoms with Crippen molar-refractivity contribution >= 4 is 29.2 Å². The molecule has 2 aromatic rings. The Bertz CT molecular complexity index is 844. The zero-order valence-corrected chi connectivity index (χ0v) is 15.7. The first-order valence-corrected chi connectivity index (χ1v) is 9.36. The second kappa shape index (κ2) is 6.76. The standard InChI is InChI=1S/C20H19Cl2NO3/c21-17-2-1-3-18(22)15(17)11-26-14-5-4-13-9-23(10-19(24)25)12-20(6-7-20)16(13)8-14/h1-5,8H,6-7,9-12H2,(H,24,25). The van der Waals surface area contributed by atoms with Gasteiger partial charge in [0.1, 0.15) is 12.4 Å². The van der Waals surface area contributed by atoms with Crippen molar-refractivity contribution in [2.24, 2.45) is 0 Å². The molecule has 0 aromatic heterocycles. The molecule has 0 radical (unpaired) electrons. The molecule has 0 unspecified atom stereocenters. The molecule has 2 aliphatic rings. The number of hydrogen-bond donors (Lipinski definition) is 1. The first-order chi connectivity index (χ1) is 12.5. The van der Waals surface area contributed by atoms with Crippen LogP contribution < -0.4 is 4.74 Å². The number of benzene rings is 2. The van der Waals surface area contributed by atoms with E-state index in [9.17, 15) is 4.79 Å². The molecule has 1 aliphatic heterocycles. The molecule has 1 fully saturated rings. The number of rotatable bonds is 5. The first-order valence-electron chi connectivity index (χ1n) is 8.60. The second-order valence-corrected chi connectivity index (χ2v) is 7.94. The number of aliphatic carboxylic acids is 1. The molecule has 1 spiro atoms. The van der Waals surface area contributed by atoms with Gasteiger partial charge >= 0.3 is 5.97 Å². The van der Waals surface area contributed by atoms with Crippen LogP contribution in [0.4, 0.5) is 0 Å². The number of carbonyl (C=O) groups is 1. The van der Waals surface area contributed by atoms with E-state index >= 15 is 0 Å². The van der Waals surface area contributed by atoms with Gasteiger partial charge in [0.05, 0.1) is 6.54 Å². The van der Waals surface area contributed by atoms with Crippen LogP contribution in [0.5, 0.6) is 5.75 Å². The van der Waals surface area contributed by atoms with Crippen LogP contribution in [-0.4, -0.2) is 29.1 Å². The molecule has 0 saturated heterocycles. The van der Waals surface area contributed by atoms with Crippen molar-refractivity contribution in [2.45, 2.75) is 31.4 Å². The summed E-state index contributed by atoms with van der Waals surface area (Å²) in [7, 11) is 0. The predicted octanol–water partition coefficient (Wildman–Crippen LogP) is 4.50. The van der Waals surface area contributed by atoms with Crippen molar-refractivity contribution < 1.29 is 14.6 Å². The van der Waals surface area contributed by atoms with Crippen LogP contribution in [0.15, 0.2) is 36.4 Å². The van der Waals surface area contributed by atoms with E-state index in [2.05, 4.69) is 6.07 Å². The summed E-state index contributed by atoms with van der Waals surface area (Å²) < 4.78 is 5.96. The van der Waals surface area contributed by atoms with Crippen molar-refractivity contribution in [3.8, 4) is 5.75 Å². The molecule has 0 bridgehead atoms. The normalized spacial score (nSPS) is 17.8. The molecule has 1 N–H and O–H groups in total. The molecule has 26 heavy (non-hydrogen) atoms. The number of ether oxygens (including phenoxy) is 1. The first kappa shape index (κ1) is 17.7. The molecule has 1 aliphatic carbocycles. The van der Waals surface area contributed by atoms with Crippen LogP contribution in [-0.2, 0) is 23.4 Å². The van der Waals surface area contributed by atoms with Gasteiger partial charge in [-0.05, 0) is 48.2 Å². The number of nitrogens with zero attached hydrogens (tertiary/aromatic N) is 1. The molecular formula is C20H19Cl2NO3. The van der Waals surface area contributed by atoms with E-state index in [0.717, 1.165) is 30.7 Å². The van der Waals surface area contributed by atoms with Gasteiger partial charge in [0, 0.05) is 34.1 Å². The quantitative estimate of drug-likeness (QED) is 0.814. The molecule has 2 aromatic carbocycles. The van der Waals surface area contributed by atoms with E-state index in [0.29, 0.717) is 23.2 Å². The SMILES string of the molecule is O=C(O)CN1Cc2ccc(OCc3c(Cl)cccc3Cl)cc2C2(CC2)C1. The van der Waals surface area contributed by atoms with Crippen LogP contribution in [0, 0.1) is 0 Å². The molecule has 1 saturated carbocycles. The molecule has 136 valence electrons. The van der Waals surface area contributed by atoms with E-state index in [1.54, 1.807) is 12.1 Å². The molecule has 0 atom stereocenters. The lowest BCUT2D eigenvalue weighted by atomic mass is 9.87. The van der Waals surface area contributed by atoms with Crippen molar-refractivity contribution in [3.05, 3.63) is 63.1 Å². The summed E-state index contributed by atoms with van der Waals surface area (Å²) in [6.45, 7) is 1.87. The summed E-state index contributed by atoms with van der Waals surface area (Å²) in [4.78, 5) is 13.1. The zero-order valence-electron chi connectivity index (χ0n) is 14.2. The highest BCUT2D eigenvalue weighted by Gasteiger charge is 2.49. The van der Waals surface area contributed by atoms with Crippen molar-refractivity contribution in [1.29, 1.82) is 0 Å². The third-order valence-electron chi connectivity index (χ3n) is 5.23. The Morgan fingerprint density at radius 2 is 1.92 bits per heavy atom. The fourth-order valence-electron chi connectivity index (χ4n) is 3.79. The van der Waals surface area contributed by atoms with Crippen molar-refractivity contribution in [3.63, 3.8) is 0 Å². The Hall–Kier alpha value is -1.75. The summed E-state index contributed by atoms with van der Waals surface area (Å²) in [5.74, 6) is 0.0125. The zero-order chi connectivity index (χ0) is 18.3. The maximum absolute atomic E-state index is 11.1. The van der Waals surface area contributed by atoms with Crippen molar-refractivity contribution in [2.75, 3.05) is 13.1 Å². The molecule has 1 heterocycles. The number of carboxylic acid groups (broad SMARTS) is 1. The lowest BCUT2D eigenvalue weighted by Crippen LogP contribution is -2.40.